The first-order valence-electron chi connectivity index (χ1n) is 9.39. The number of aromatic nitrogens is 1. The Morgan fingerprint density at radius 3 is 2.75 bits per heavy atom. The van der Waals surface area contributed by atoms with E-state index in [-0.39, 0.29) is 29.8 Å². The van der Waals surface area contributed by atoms with Crippen LogP contribution in [0.15, 0.2) is 53.7 Å². The molecule has 0 radical (unpaired) electrons. The van der Waals surface area contributed by atoms with Gasteiger partial charge in [0.2, 0.25) is 15.9 Å². The highest BCUT2D eigenvalue weighted by Gasteiger charge is 2.24. The van der Waals surface area contributed by atoms with Gasteiger partial charge in [0.15, 0.2) is 0 Å². The number of pyridine rings is 1. The number of carbonyl (C=O) groups is 1. The van der Waals surface area contributed by atoms with Crippen LogP contribution in [0, 0.1) is 6.92 Å². The Hall–Kier alpha value is -2.29. The third kappa shape index (κ3) is 5.85. The highest BCUT2D eigenvalue weighted by molar-refractivity contribution is 7.89. The fourth-order valence-corrected chi connectivity index (χ4v) is 4.23. The first kappa shape index (κ1) is 20.4. The monoisotopic (exact) mass is 402 g/mol. The summed E-state index contributed by atoms with van der Waals surface area (Å²) in [6.45, 7) is 4.75. The van der Waals surface area contributed by atoms with Crippen molar-refractivity contribution >= 4 is 15.9 Å². The van der Waals surface area contributed by atoms with Crippen LogP contribution in [0.1, 0.15) is 24.0 Å². The highest BCUT2D eigenvalue weighted by Crippen LogP contribution is 2.14. The van der Waals surface area contributed by atoms with Gasteiger partial charge in [0.1, 0.15) is 4.90 Å². The molecule has 1 aliphatic heterocycles. The molecule has 8 heteroatoms. The SMILES string of the molecule is Cc1ccc(CN2CCC(NC(=O)CCNS(=O)(=O)c3cccnc3)C2)cc1. The molecule has 2 aromatic rings. The molecule has 1 aliphatic rings. The van der Waals surface area contributed by atoms with Gasteiger partial charge >= 0.3 is 0 Å². The predicted molar refractivity (Wildman–Crippen MR) is 107 cm³/mol. The number of likely N-dealkylation sites (tertiary alicyclic amines) is 1. The summed E-state index contributed by atoms with van der Waals surface area (Å²) in [5.74, 6) is -0.143. The third-order valence-corrected chi connectivity index (χ3v) is 6.20. The summed E-state index contributed by atoms with van der Waals surface area (Å²) in [7, 11) is -3.63. The molecule has 2 heterocycles. The van der Waals surface area contributed by atoms with Crippen molar-refractivity contribution in [2.75, 3.05) is 19.6 Å². The van der Waals surface area contributed by atoms with Crippen molar-refractivity contribution in [3.05, 3.63) is 59.9 Å². The molecule has 0 bridgehead atoms. The molecular weight excluding hydrogens is 376 g/mol. The molecule has 28 heavy (non-hydrogen) atoms. The summed E-state index contributed by atoms with van der Waals surface area (Å²) >= 11 is 0. The Bertz CT molecular complexity index is 885. The van der Waals surface area contributed by atoms with Gasteiger partial charge in [-0.05, 0) is 31.0 Å². The maximum atomic E-state index is 12.1. The number of nitrogens with one attached hydrogen (secondary N) is 2. The van der Waals surface area contributed by atoms with E-state index in [1.165, 1.54) is 29.6 Å². The lowest BCUT2D eigenvalue weighted by Gasteiger charge is -2.17. The van der Waals surface area contributed by atoms with Crippen LogP contribution in [0.25, 0.3) is 0 Å². The predicted octanol–water partition coefficient (Wildman–Crippen LogP) is 1.45. The zero-order chi connectivity index (χ0) is 20.0. The second-order valence-electron chi connectivity index (χ2n) is 7.11. The molecule has 1 amide bonds. The number of aryl methyl sites for hydroxylation is 1. The first-order chi connectivity index (χ1) is 13.4. The van der Waals surface area contributed by atoms with Gasteiger partial charge in [-0.15, -0.1) is 0 Å². The van der Waals surface area contributed by atoms with Crippen molar-refractivity contribution in [3.63, 3.8) is 0 Å². The topological polar surface area (TPSA) is 91.4 Å². The van der Waals surface area contributed by atoms with Crippen LogP contribution in [0.3, 0.4) is 0 Å². The molecular formula is C20H26N4O3S. The van der Waals surface area contributed by atoms with Gasteiger partial charge in [0.25, 0.3) is 0 Å². The molecule has 1 aromatic carbocycles. The van der Waals surface area contributed by atoms with E-state index in [0.29, 0.717) is 0 Å². The van der Waals surface area contributed by atoms with E-state index in [2.05, 4.69) is 51.1 Å². The van der Waals surface area contributed by atoms with Crippen molar-refractivity contribution in [3.8, 4) is 0 Å². The van der Waals surface area contributed by atoms with Gasteiger partial charge < -0.3 is 5.32 Å². The van der Waals surface area contributed by atoms with E-state index in [4.69, 9.17) is 0 Å². The van der Waals surface area contributed by atoms with Crippen molar-refractivity contribution in [1.82, 2.24) is 19.9 Å². The molecule has 1 saturated heterocycles. The van der Waals surface area contributed by atoms with Gasteiger partial charge in [0.05, 0.1) is 0 Å². The van der Waals surface area contributed by atoms with Crippen LogP contribution in [0.2, 0.25) is 0 Å². The van der Waals surface area contributed by atoms with Crippen LogP contribution >= 0.6 is 0 Å². The average Bonchev–Trinajstić information content (AvgIpc) is 3.11. The molecule has 7 nitrogen and oxygen atoms in total. The lowest BCUT2D eigenvalue weighted by molar-refractivity contribution is -0.121. The van der Waals surface area contributed by atoms with Crippen LogP contribution < -0.4 is 10.0 Å². The Labute approximate surface area is 166 Å². The van der Waals surface area contributed by atoms with E-state index in [0.717, 1.165) is 26.1 Å². The number of hydrogen-bond donors (Lipinski definition) is 2. The fraction of sp³-hybridized carbons (Fsp3) is 0.400. The molecule has 1 aromatic heterocycles. The molecule has 1 fully saturated rings. The molecule has 1 atom stereocenters. The summed E-state index contributed by atoms with van der Waals surface area (Å²) in [5.41, 5.74) is 2.51. The van der Waals surface area contributed by atoms with Gasteiger partial charge in [-0.3, -0.25) is 14.7 Å². The largest absolute Gasteiger partial charge is 0.352 e. The zero-order valence-electron chi connectivity index (χ0n) is 16.0. The number of carbonyl (C=O) groups excluding carboxylic acids is 1. The Kier molecular flexibility index (Phi) is 6.77. The summed E-state index contributed by atoms with van der Waals surface area (Å²) < 4.78 is 26.7. The van der Waals surface area contributed by atoms with Gasteiger partial charge in [-0.1, -0.05) is 29.8 Å². The Morgan fingerprint density at radius 1 is 1.25 bits per heavy atom. The molecule has 0 spiro atoms. The minimum absolute atomic E-state index is 0.0584. The average molecular weight is 403 g/mol. The van der Waals surface area contributed by atoms with Crippen LogP contribution in [0.5, 0.6) is 0 Å². The number of nitrogens with zero attached hydrogens (tertiary/aromatic N) is 2. The number of hydrogen-bond acceptors (Lipinski definition) is 5. The molecule has 1 unspecified atom stereocenters. The smallest absolute Gasteiger partial charge is 0.242 e. The van der Waals surface area contributed by atoms with Crippen molar-refractivity contribution in [2.45, 2.75) is 37.2 Å². The summed E-state index contributed by atoms with van der Waals surface area (Å²) in [6, 6.07) is 11.6. The molecule has 2 N–H and O–H groups in total. The summed E-state index contributed by atoms with van der Waals surface area (Å²) in [5, 5.41) is 3.00. The number of benzene rings is 1. The maximum absolute atomic E-state index is 12.1. The Morgan fingerprint density at radius 2 is 2.04 bits per heavy atom. The minimum atomic E-state index is -3.63. The molecule has 150 valence electrons. The normalized spacial score (nSPS) is 17.5. The van der Waals surface area contributed by atoms with E-state index in [9.17, 15) is 13.2 Å². The molecule has 0 aliphatic carbocycles. The number of amides is 1. The standard InChI is InChI=1S/C20H26N4O3S/c1-16-4-6-17(7-5-16)14-24-12-9-18(15-24)23-20(25)8-11-22-28(26,27)19-3-2-10-21-13-19/h2-7,10,13,18,22H,8-9,11-12,14-15H2,1H3,(H,23,25). The van der Waals surface area contributed by atoms with E-state index in [1.54, 1.807) is 6.07 Å². The summed E-state index contributed by atoms with van der Waals surface area (Å²) in [6.07, 6.45) is 3.80. The lowest BCUT2D eigenvalue weighted by Crippen LogP contribution is -2.38. The van der Waals surface area contributed by atoms with Crippen LogP contribution in [-0.2, 0) is 21.4 Å². The fourth-order valence-electron chi connectivity index (χ4n) is 3.23. The van der Waals surface area contributed by atoms with Crippen LogP contribution in [-0.4, -0.2) is 49.9 Å². The second-order valence-corrected chi connectivity index (χ2v) is 8.88. The highest BCUT2D eigenvalue weighted by atomic mass is 32.2. The first-order valence-corrected chi connectivity index (χ1v) is 10.9. The van der Waals surface area contributed by atoms with Crippen molar-refractivity contribution in [2.24, 2.45) is 0 Å². The van der Waals surface area contributed by atoms with Crippen molar-refractivity contribution in [1.29, 1.82) is 0 Å². The quantitative estimate of drug-likeness (QED) is 0.697. The van der Waals surface area contributed by atoms with Gasteiger partial charge in [-0.2, -0.15) is 0 Å². The Balaban J connectivity index is 1.39. The molecule has 0 saturated carbocycles. The number of sulfonamides is 1. The third-order valence-electron chi connectivity index (χ3n) is 4.75. The van der Waals surface area contributed by atoms with Gasteiger partial charge in [0, 0.05) is 51.0 Å². The van der Waals surface area contributed by atoms with Gasteiger partial charge in [-0.25, -0.2) is 13.1 Å². The van der Waals surface area contributed by atoms with E-state index < -0.39 is 10.0 Å². The number of rotatable bonds is 8. The zero-order valence-corrected chi connectivity index (χ0v) is 16.8. The lowest BCUT2D eigenvalue weighted by atomic mass is 10.1. The minimum Gasteiger partial charge on any atom is -0.352 e. The van der Waals surface area contributed by atoms with E-state index >= 15 is 0 Å². The molecule has 3 rings (SSSR count). The maximum Gasteiger partial charge on any atom is 0.242 e. The van der Waals surface area contributed by atoms with Crippen molar-refractivity contribution < 1.29 is 13.2 Å². The van der Waals surface area contributed by atoms with E-state index in [1.807, 2.05) is 0 Å². The second kappa shape index (κ2) is 9.27. The summed E-state index contributed by atoms with van der Waals surface area (Å²) in [4.78, 5) is 18.4. The van der Waals surface area contributed by atoms with Crippen LogP contribution in [0.4, 0.5) is 0 Å².